The van der Waals surface area contributed by atoms with Gasteiger partial charge in [-0.25, -0.2) is 4.79 Å². The molecule has 0 saturated heterocycles. The van der Waals surface area contributed by atoms with Crippen LogP contribution < -0.4 is 5.32 Å². The number of nitrogens with one attached hydrogen (secondary N) is 1. The zero-order valence-electron chi connectivity index (χ0n) is 11.9. The molecule has 0 bridgehead atoms. The van der Waals surface area contributed by atoms with Crippen molar-refractivity contribution in [2.45, 2.75) is 19.3 Å². The summed E-state index contributed by atoms with van der Waals surface area (Å²) in [6.07, 6.45) is -4.58. The van der Waals surface area contributed by atoms with Gasteiger partial charge in [-0.05, 0) is 18.2 Å². The number of carbonyl (C=O) groups is 1. The first-order valence-electron chi connectivity index (χ1n) is 6.75. The van der Waals surface area contributed by atoms with Crippen LogP contribution in [0.1, 0.15) is 11.6 Å². The van der Waals surface area contributed by atoms with Crippen LogP contribution in [0.15, 0.2) is 18.2 Å². The zero-order chi connectivity index (χ0) is 17.5. The maximum atomic E-state index is 12.8. The Bertz CT molecular complexity index is 772. The minimum absolute atomic E-state index is 0.0408. The Balaban J connectivity index is 1.73. The van der Waals surface area contributed by atoms with Crippen LogP contribution in [0, 0.1) is 0 Å². The van der Waals surface area contributed by atoms with Gasteiger partial charge in [0.1, 0.15) is 0 Å². The molecule has 1 aliphatic heterocycles. The smallest absolute Gasteiger partial charge is 0.315 e. The number of amides is 2. The van der Waals surface area contributed by atoms with Crippen LogP contribution in [0.5, 0.6) is 0 Å². The summed E-state index contributed by atoms with van der Waals surface area (Å²) < 4.78 is 39.3. The molecule has 0 unspecified atom stereocenters. The van der Waals surface area contributed by atoms with Gasteiger partial charge in [0.2, 0.25) is 5.82 Å². The van der Waals surface area contributed by atoms with E-state index in [1.54, 1.807) is 0 Å². The number of benzene rings is 1. The summed E-state index contributed by atoms with van der Waals surface area (Å²) in [5, 5.41) is 9.99. The lowest BCUT2D eigenvalue weighted by atomic mass is 10.3. The maximum Gasteiger partial charge on any atom is 0.451 e. The number of hydrogen-bond acceptors (Lipinski definition) is 3. The van der Waals surface area contributed by atoms with Gasteiger partial charge in [0, 0.05) is 28.8 Å². The third-order valence-electron chi connectivity index (χ3n) is 3.41. The second-order valence-electron chi connectivity index (χ2n) is 5.10. The van der Waals surface area contributed by atoms with Crippen molar-refractivity contribution in [2.24, 2.45) is 0 Å². The van der Waals surface area contributed by atoms with Gasteiger partial charge in [0.25, 0.3) is 0 Å². The van der Waals surface area contributed by atoms with E-state index in [0.29, 0.717) is 15.7 Å². The molecule has 1 aliphatic rings. The molecule has 0 atom stereocenters. The van der Waals surface area contributed by atoms with Crippen molar-refractivity contribution in [1.29, 1.82) is 0 Å². The van der Waals surface area contributed by atoms with Gasteiger partial charge in [-0.3, -0.25) is 0 Å². The summed E-state index contributed by atoms with van der Waals surface area (Å²) in [6, 6.07) is 4.05. The number of anilines is 1. The number of aromatic nitrogens is 3. The average Bonchev–Trinajstić information content (AvgIpc) is 2.88. The SMILES string of the molecule is O=C(Nc1cc(Cl)cc(Cl)c1)N1CCn2c(nnc2C(F)(F)F)C1. The molecule has 1 aromatic heterocycles. The molecule has 11 heteroatoms. The topological polar surface area (TPSA) is 63.1 Å². The summed E-state index contributed by atoms with van der Waals surface area (Å²) in [4.78, 5) is 13.6. The Kier molecular flexibility index (Phi) is 4.31. The van der Waals surface area contributed by atoms with Crippen molar-refractivity contribution in [1.82, 2.24) is 19.7 Å². The van der Waals surface area contributed by atoms with Crippen LogP contribution in [0.25, 0.3) is 0 Å². The molecule has 2 aromatic rings. The van der Waals surface area contributed by atoms with Crippen LogP contribution in [0.3, 0.4) is 0 Å². The Morgan fingerprint density at radius 3 is 2.42 bits per heavy atom. The quantitative estimate of drug-likeness (QED) is 0.822. The van der Waals surface area contributed by atoms with Crippen molar-refractivity contribution in [3.8, 4) is 0 Å². The molecule has 0 fully saturated rings. The number of urea groups is 1. The molecule has 2 heterocycles. The predicted molar refractivity (Wildman–Crippen MR) is 80.9 cm³/mol. The highest BCUT2D eigenvalue weighted by Gasteiger charge is 2.39. The minimum atomic E-state index is -4.58. The fourth-order valence-electron chi connectivity index (χ4n) is 2.37. The third-order valence-corrected chi connectivity index (χ3v) is 3.84. The average molecular weight is 380 g/mol. The summed E-state index contributed by atoms with van der Waals surface area (Å²) in [5.74, 6) is -0.980. The highest BCUT2D eigenvalue weighted by atomic mass is 35.5. The van der Waals surface area contributed by atoms with Crippen molar-refractivity contribution in [3.63, 3.8) is 0 Å². The standard InChI is InChI=1S/C13H10Cl2F3N5O/c14-7-3-8(15)5-9(4-7)19-12(24)22-1-2-23-10(6-22)20-21-11(23)13(16,17)18/h3-5H,1-2,6H2,(H,19,24). The van der Waals surface area contributed by atoms with Crippen molar-refractivity contribution >= 4 is 34.9 Å². The Labute approximate surface area is 144 Å². The predicted octanol–water partition coefficient (Wildman–Crippen LogP) is 3.65. The summed E-state index contributed by atoms with van der Waals surface area (Å²) >= 11 is 11.7. The number of rotatable bonds is 1. The molecule has 128 valence electrons. The van der Waals surface area contributed by atoms with Crippen LogP contribution in [0.4, 0.5) is 23.7 Å². The fourth-order valence-corrected chi connectivity index (χ4v) is 2.90. The minimum Gasteiger partial charge on any atom is -0.315 e. The number of hydrogen-bond donors (Lipinski definition) is 1. The van der Waals surface area contributed by atoms with E-state index < -0.39 is 18.0 Å². The summed E-state index contributed by atoms with van der Waals surface area (Å²) in [5.41, 5.74) is 0.389. The van der Waals surface area contributed by atoms with E-state index in [-0.39, 0.29) is 25.5 Å². The molecule has 6 nitrogen and oxygen atoms in total. The van der Waals surface area contributed by atoms with E-state index in [2.05, 4.69) is 15.5 Å². The highest BCUT2D eigenvalue weighted by Crippen LogP contribution is 2.29. The van der Waals surface area contributed by atoms with Gasteiger partial charge in [-0.15, -0.1) is 10.2 Å². The van der Waals surface area contributed by atoms with E-state index in [1.165, 1.54) is 23.1 Å². The largest absolute Gasteiger partial charge is 0.451 e. The number of alkyl halides is 3. The third kappa shape index (κ3) is 3.41. The second-order valence-corrected chi connectivity index (χ2v) is 5.97. The Morgan fingerprint density at radius 2 is 1.79 bits per heavy atom. The van der Waals surface area contributed by atoms with Crippen LogP contribution in [-0.2, 0) is 19.3 Å². The van der Waals surface area contributed by atoms with Gasteiger partial charge in [0.05, 0.1) is 6.54 Å². The van der Waals surface area contributed by atoms with E-state index in [9.17, 15) is 18.0 Å². The number of carbonyl (C=O) groups excluding carboxylic acids is 1. The van der Waals surface area contributed by atoms with E-state index in [1.807, 2.05) is 0 Å². The number of halogens is 5. The maximum absolute atomic E-state index is 12.8. The number of fused-ring (bicyclic) bond motifs is 1. The Morgan fingerprint density at radius 1 is 1.12 bits per heavy atom. The molecule has 2 amide bonds. The monoisotopic (exact) mass is 379 g/mol. The first-order chi connectivity index (χ1) is 11.2. The van der Waals surface area contributed by atoms with Crippen molar-refractivity contribution in [2.75, 3.05) is 11.9 Å². The van der Waals surface area contributed by atoms with Gasteiger partial charge < -0.3 is 14.8 Å². The summed E-state index contributed by atoms with van der Waals surface area (Å²) in [6.45, 7) is -0.0294. The second kappa shape index (κ2) is 6.14. The lowest BCUT2D eigenvalue weighted by molar-refractivity contribution is -0.147. The molecule has 1 N–H and O–H groups in total. The molecule has 0 radical (unpaired) electrons. The van der Waals surface area contributed by atoms with Gasteiger partial charge in [-0.1, -0.05) is 23.2 Å². The van der Waals surface area contributed by atoms with Crippen molar-refractivity contribution in [3.05, 3.63) is 39.9 Å². The highest BCUT2D eigenvalue weighted by molar-refractivity contribution is 6.35. The van der Waals surface area contributed by atoms with E-state index in [4.69, 9.17) is 23.2 Å². The molecular formula is C13H10Cl2F3N5O. The zero-order valence-corrected chi connectivity index (χ0v) is 13.5. The molecule has 24 heavy (non-hydrogen) atoms. The van der Waals surface area contributed by atoms with E-state index >= 15 is 0 Å². The Hall–Kier alpha value is -2.00. The molecule has 3 rings (SSSR count). The van der Waals surface area contributed by atoms with Gasteiger partial charge in [0.15, 0.2) is 5.82 Å². The summed E-state index contributed by atoms with van der Waals surface area (Å²) in [7, 11) is 0. The van der Waals surface area contributed by atoms with Gasteiger partial charge >= 0.3 is 12.2 Å². The van der Waals surface area contributed by atoms with Crippen molar-refractivity contribution < 1.29 is 18.0 Å². The molecular weight excluding hydrogens is 370 g/mol. The van der Waals surface area contributed by atoms with Gasteiger partial charge in [-0.2, -0.15) is 13.2 Å². The number of nitrogens with zero attached hydrogens (tertiary/aromatic N) is 4. The molecule has 0 saturated carbocycles. The molecule has 0 spiro atoms. The van der Waals surface area contributed by atoms with Crippen LogP contribution in [0.2, 0.25) is 10.0 Å². The lowest BCUT2D eigenvalue weighted by Gasteiger charge is -2.28. The fraction of sp³-hybridized carbons (Fsp3) is 0.308. The first-order valence-corrected chi connectivity index (χ1v) is 7.51. The van der Waals surface area contributed by atoms with Crippen LogP contribution in [-0.4, -0.2) is 32.2 Å². The van der Waals surface area contributed by atoms with E-state index in [0.717, 1.165) is 4.57 Å². The lowest BCUT2D eigenvalue weighted by Crippen LogP contribution is -2.41. The van der Waals surface area contributed by atoms with Crippen LogP contribution >= 0.6 is 23.2 Å². The normalized spacial score (nSPS) is 14.5. The molecule has 1 aromatic carbocycles. The first kappa shape index (κ1) is 16.8. The molecule has 0 aliphatic carbocycles.